The monoisotopic (exact) mass is 264 g/mol. The van der Waals surface area contributed by atoms with E-state index in [9.17, 15) is 0 Å². The van der Waals surface area contributed by atoms with Crippen LogP contribution < -0.4 is 0 Å². The summed E-state index contributed by atoms with van der Waals surface area (Å²) in [5.74, 6) is 0.902. The molecule has 0 amide bonds. The Bertz CT molecular complexity index is 491. The quantitative estimate of drug-likeness (QED) is 0.783. The first-order valence-electron chi connectivity index (χ1n) is 5.33. The van der Waals surface area contributed by atoms with Crippen LogP contribution in [0.25, 0.3) is 0 Å². The van der Waals surface area contributed by atoms with E-state index >= 15 is 0 Å². The highest BCUT2D eigenvalue weighted by molar-refractivity contribution is 7.98. The molecule has 0 spiro atoms. The first-order valence-corrected chi connectivity index (χ1v) is 6.69. The molecule has 0 radical (unpaired) electrons. The molecule has 0 fully saturated rings. The van der Waals surface area contributed by atoms with Gasteiger partial charge in [0.15, 0.2) is 5.15 Å². The van der Waals surface area contributed by atoms with Crippen LogP contribution in [0, 0.1) is 13.8 Å². The maximum absolute atomic E-state index is 5.69. The molecule has 88 valence electrons. The molecule has 0 aliphatic rings. The maximum Gasteiger partial charge on any atom is 0.151 e. The average molecular weight is 265 g/mol. The van der Waals surface area contributed by atoms with Gasteiger partial charge in [0.1, 0.15) is 5.03 Å². The van der Waals surface area contributed by atoms with Gasteiger partial charge in [0.05, 0.1) is 0 Å². The van der Waals surface area contributed by atoms with Crippen LogP contribution in [0.15, 0.2) is 35.4 Å². The normalized spacial score (nSPS) is 10.5. The van der Waals surface area contributed by atoms with Gasteiger partial charge in [-0.2, -0.15) is 0 Å². The number of hydrogen-bond acceptors (Lipinski definition) is 3. The lowest BCUT2D eigenvalue weighted by molar-refractivity contribution is 0.929. The van der Waals surface area contributed by atoms with Crippen LogP contribution in [-0.4, -0.2) is 10.2 Å². The highest BCUT2D eigenvalue weighted by Crippen LogP contribution is 2.22. The zero-order valence-corrected chi connectivity index (χ0v) is 11.3. The largest absolute Gasteiger partial charge is 0.151 e. The molecule has 2 rings (SSSR count). The summed E-state index contributed by atoms with van der Waals surface area (Å²) in [5, 5.41) is 9.17. The number of rotatable bonds is 3. The third-order valence-corrected chi connectivity index (χ3v) is 3.47. The molecular weight excluding hydrogens is 252 g/mol. The van der Waals surface area contributed by atoms with E-state index in [0.717, 1.165) is 10.8 Å². The number of thioether (sulfide) groups is 1. The molecule has 0 unspecified atom stereocenters. The second kappa shape index (κ2) is 5.52. The van der Waals surface area contributed by atoms with Gasteiger partial charge in [-0.3, -0.25) is 0 Å². The van der Waals surface area contributed by atoms with E-state index in [0.29, 0.717) is 5.15 Å². The number of aromatic nitrogens is 2. The fourth-order valence-electron chi connectivity index (χ4n) is 1.69. The predicted octanol–water partition coefficient (Wildman–Crippen LogP) is 4.04. The Morgan fingerprint density at radius 2 is 1.76 bits per heavy atom. The van der Waals surface area contributed by atoms with Gasteiger partial charge in [0, 0.05) is 5.75 Å². The van der Waals surface area contributed by atoms with Crippen LogP contribution in [0.3, 0.4) is 0 Å². The van der Waals surface area contributed by atoms with E-state index in [-0.39, 0.29) is 0 Å². The van der Waals surface area contributed by atoms with Crippen molar-refractivity contribution < 1.29 is 0 Å². The van der Waals surface area contributed by atoms with Crippen molar-refractivity contribution in [3.05, 3.63) is 52.2 Å². The van der Waals surface area contributed by atoms with Gasteiger partial charge in [0.25, 0.3) is 0 Å². The van der Waals surface area contributed by atoms with Crippen molar-refractivity contribution in [2.75, 3.05) is 0 Å². The van der Waals surface area contributed by atoms with E-state index in [1.807, 2.05) is 6.07 Å². The number of hydrogen-bond donors (Lipinski definition) is 0. The minimum atomic E-state index is 0.431. The number of benzene rings is 1. The van der Waals surface area contributed by atoms with E-state index in [2.05, 4.69) is 42.2 Å². The van der Waals surface area contributed by atoms with Crippen molar-refractivity contribution in [1.29, 1.82) is 0 Å². The van der Waals surface area contributed by atoms with Crippen molar-refractivity contribution in [1.82, 2.24) is 10.2 Å². The summed E-state index contributed by atoms with van der Waals surface area (Å²) in [7, 11) is 0. The van der Waals surface area contributed by atoms with Crippen LogP contribution in [-0.2, 0) is 5.75 Å². The first-order chi connectivity index (χ1) is 8.13. The molecule has 0 saturated heterocycles. The van der Waals surface area contributed by atoms with Crippen LogP contribution in [0.4, 0.5) is 0 Å². The lowest BCUT2D eigenvalue weighted by Crippen LogP contribution is -1.88. The summed E-state index contributed by atoms with van der Waals surface area (Å²) in [6.07, 6.45) is 0. The van der Waals surface area contributed by atoms with Crippen molar-refractivity contribution in [2.24, 2.45) is 0 Å². The van der Waals surface area contributed by atoms with Crippen molar-refractivity contribution in [2.45, 2.75) is 24.6 Å². The Kier molecular flexibility index (Phi) is 4.02. The Balaban J connectivity index is 2.04. The number of nitrogens with zero attached hydrogens (tertiary/aromatic N) is 2. The van der Waals surface area contributed by atoms with E-state index in [1.54, 1.807) is 17.8 Å². The highest BCUT2D eigenvalue weighted by atomic mass is 35.5. The molecule has 0 bridgehead atoms. The van der Waals surface area contributed by atoms with Gasteiger partial charge in [-0.15, -0.1) is 10.2 Å². The zero-order valence-electron chi connectivity index (χ0n) is 9.77. The number of halogens is 1. The maximum atomic E-state index is 5.69. The molecular formula is C13H13ClN2S. The number of aryl methyl sites for hydroxylation is 2. The molecule has 0 saturated carbocycles. The topological polar surface area (TPSA) is 25.8 Å². The fraction of sp³-hybridized carbons (Fsp3) is 0.231. The fourth-order valence-corrected chi connectivity index (χ4v) is 2.54. The molecule has 0 aliphatic carbocycles. The third-order valence-electron chi connectivity index (χ3n) is 2.28. The Labute approximate surface area is 110 Å². The van der Waals surface area contributed by atoms with Crippen LogP contribution in [0.1, 0.15) is 16.7 Å². The molecule has 1 aromatic heterocycles. The van der Waals surface area contributed by atoms with Gasteiger partial charge in [0.2, 0.25) is 0 Å². The smallest absolute Gasteiger partial charge is 0.143 e. The van der Waals surface area contributed by atoms with Crippen LogP contribution >= 0.6 is 23.4 Å². The van der Waals surface area contributed by atoms with Crippen molar-refractivity contribution >= 4 is 23.4 Å². The van der Waals surface area contributed by atoms with Gasteiger partial charge < -0.3 is 0 Å². The van der Waals surface area contributed by atoms with Crippen molar-refractivity contribution in [3.8, 4) is 0 Å². The minimum Gasteiger partial charge on any atom is -0.143 e. The van der Waals surface area contributed by atoms with E-state index in [4.69, 9.17) is 11.6 Å². The summed E-state index contributed by atoms with van der Waals surface area (Å²) in [6, 6.07) is 10.2. The van der Waals surface area contributed by atoms with Crippen molar-refractivity contribution in [3.63, 3.8) is 0 Å². The molecule has 0 N–H and O–H groups in total. The molecule has 2 aromatic rings. The molecule has 4 heteroatoms. The Hall–Kier alpha value is -1.06. The molecule has 0 aliphatic heterocycles. The summed E-state index contributed by atoms with van der Waals surface area (Å²) in [4.78, 5) is 0. The van der Waals surface area contributed by atoms with Gasteiger partial charge >= 0.3 is 0 Å². The van der Waals surface area contributed by atoms with Crippen LogP contribution in [0.5, 0.6) is 0 Å². The van der Waals surface area contributed by atoms with Gasteiger partial charge in [-0.05, 0) is 31.5 Å². The summed E-state index contributed by atoms with van der Waals surface area (Å²) in [6.45, 7) is 4.23. The average Bonchev–Trinajstić information content (AvgIpc) is 2.27. The zero-order chi connectivity index (χ0) is 12.3. The molecule has 17 heavy (non-hydrogen) atoms. The van der Waals surface area contributed by atoms with Gasteiger partial charge in [-0.1, -0.05) is 52.7 Å². The standard InChI is InChI=1S/C13H13ClN2S/c1-9-5-10(2)7-11(6-9)8-17-13-4-3-12(14)15-16-13/h3-7H,8H2,1-2H3. The Morgan fingerprint density at radius 3 is 2.35 bits per heavy atom. The second-order valence-electron chi connectivity index (χ2n) is 3.98. The third kappa shape index (κ3) is 3.72. The summed E-state index contributed by atoms with van der Waals surface area (Å²) in [5.41, 5.74) is 3.90. The molecule has 2 nitrogen and oxygen atoms in total. The predicted molar refractivity (Wildman–Crippen MR) is 72.5 cm³/mol. The highest BCUT2D eigenvalue weighted by Gasteiger charge is 2.00. The summed E-state index contributed by atoms with van der Waals surface area (Å²) < 4.78 is 0. The molecule has 0 atom stereocenters. The Morgan fingerprint density at radius 1 is 1.06 bits per heavy atom. The lowest BCUT2D eigenvalue weighted by atomic mass is 10.1. The van der Waals surface area contributed by atoms with E-state index in [1.165, 1.54) is 16.7 Å². The lowest BCUT2D eigenvalue weighted by Gasteiger charge is -2.04. The van der Waals surface area contributed by atoms with Gasteiger partial charge in [-0.25, -0.2) is 0 Å². The minimum absolute atomic E-state index is 0.431. The SMILES string of the molecule is Cc1cc(C)cc(CSc2ccc(Cl)nn2)c1. The van der Waals surface area contributed by atoms with E-state index < -0.39 is 0 Å². The second-order valence-corrected chi connectivity index (χ2v) is 5.36. The molecule has 1 aromatic carbocycles. The molecule has 1 heterocycles. The van der Waals surface area contributed by atoms with Crippen LogP contribution in [0.2, 0.25) is 5.15 Å². The first kappa shape index (κ1) is 12.4. The summed E-state index contributed by atoms with van der Waals surface area (Å²) >= 11 is 7.35.